The van der Waals surface area contributed by atoms with E-state index in [-0.39, 0.29) is 11.8 Å². The Kier molecular flexibility index (Phi) is 5.62. The highest BCUT2D eigenvalue weighted by atomic mass is 32.2. The minimum Gasteiger partial charge on any atom is -0.389 e. The van der Waals surface area contributed by atoms with Crippen LogP contribution in [-0.2, 0) is 9.84 Å². The molecule has 108 valence electrons. The highest BCUT2D eigenvalue weighted by Gasteiger charge is 2.32. The van der Waals surface area contributed by atoms with Gasteiger partial charge < -0.3 is 10.4 Å². The average Bonchev–Trinajstić information content (AvgIpc) is 2.26. The Morgan fingerprint density at radius 2 is 1.94 bits per heavy atom. The molecule has 0 radical (unpaired) electrons. The highest BCUT2D eigenvalue weighted by molar-refractivity contribution is 7.90. The van der Waals surface area contributed by atoms with E-state index >= 15 is 0 Å². The van der Waals surface area contributed by atoms with E-state index in [2.05, 4.69) is 12.2 Å². The molecule has 2 N–H and O–H groups in total. The fraction of sp³-hybridized carbons (Fsp3) is 1.00. The van der Waals surface area contributed by atoms with Crippen molar-refractivity contribution in [3.63, 3.8) is 0 Å². The van der Waals surface area contributed by atoms with Gasteiger partial charge in [0.05, 0.1) is 11.4 Å². The lowest BCUT2D eigenvalue weighted by atomic mass is 9.78. The van der Waals surface area contributed by atoms with Gasteiger partial charge in [0, 0.05) is 18.8 Å². The minimum absolute atomic E-state index is 0.104. The van der Waals surface area contributed by atoms with Crippen molar-refractivity contribution in [1.29, 1.82) is 0 Å². The van der Waals surface area contributed by atoms with E-state index in [0.717, 1.165) is 31.6 Å². The van der Waals surface area contributed by atoms with Crippen LogP contribution < -0.4 is 5.32 Å². The number of hydrogen-bond acceptors (Lipinski definition) is 4. The van der Waals surface area contributed by atoms with Gasteiger partial charge in [0.2, 0.25) is 0 Å². The van der Waals surface area contributed by atoms with Crippen molar-refractivity contribution in [1.82, 2.24) is 5.32 Å². The second-order valence-corrected chi connectivity index (χ2v) is 8.14. The molecule has 0 aromatic rings. The molecule has 1 atom stereocenters. The lowest BCUT2D eigenvalue weighted by Crippen LogP contribution is -2.47. The summed E-state index contributed by atoms with van der Waals surface area (Å²) in [5.74, 6) is 0.874. The first-order valence-corrected chi connectivity index (χ1v) is 8.93. The van der Waals surface area contributed by atoms with Gasteiger partial charge in [-0.25, -0.2) is 8.42 Å². The van der Waals surface area contributed by atoms with E-state index in [1.54, 1.807) is 0 Å². The van der Waals surface area contributed by atoms with E-state index in [4.69, 9.17) is 0 Å². The standard InChI is InChI=1S/C13H27NO3S/c1-4-12-5-7-13(15,8-6-12)10-14-11(2)9-18(3,16)17/h11-12,14-15H,4-10H2,1-3H3. The van der Waals surface area contributed by atoms with Crippen molar-refractivity contribution >= 4 is 9.84 Å². The van der Waals surface area contributed by atoms with Gasteiger partial charge in [-0.15, -0.1) is 0 Å². The zero-order chi connectivity index (χ0) is 13.8. The Bertz CT molecular complexity index is 345. The molecule has 0 aromatic carbocycles. The molecule has 1 saturated carbocycles. The predicted octanol–water partition coefficient (Wildman–Crippen LogP) is 1.34. The van der Waals surface area contributed by atoms with Gasteiger partial charge >= 0.3 is 0 Å². The Balaban J connectivity index is 2.34. The van der Waals surface area contributed by atoms with Crippen molar-refractivity contribution < 1.29 is 13.5 Å². The molecule has 18 heavy (non-hydrogen) atoms. The maximum Gasteiger partial charge on any atom is 0.148 e. The molecule has 1 rings (SSSR count). The number of rotatable bonds is 6. The third-order valence-corrected chi connectivity index (χ3v) is 5.05. The minimum atomic E-state index is -2.95. The zero-order valence-electron chi connectivity index (χ0n) is 11.8. The van der Waals surface area contributed by atoms with Gasteiger partial charge in [-0.1, -0.05) is 13.3 Å². The molecule has 1 fully saturated rings. The molecule has 0 saturated heterocycles. The number of nitrogens with one attached hydrogen (secondary N) is 1. The summed E-state index contributed by atoms with van der Waals surface area (Å²) in [6, 6.07) is -0.104. The maximum atomic E-state index is 11.2. The van der Waals surface area contributed by atoms with E-state index in [9.17, 15) is 13.5 Å². The van der Waals surface area contributed by atoms with Crippen molar-refractivity contribution in [2.75, 3.05) is 18.6 Å². The van der Waals surface area contributed by atoms with Crippen LogP contribution >= 0.6 is 0 Å². The van der Waals surface area contributed by atoms with E-state index in [0.29, 0.717) is 6.54 Å². The van der Waals surface area contributed by atoms with Gasteiger partial charge in [-0.2, -0.15) is 0 Å². The van der Waals surface area contributed by atoms with Crippen LogP contribution in [0.1, 0.15) is 46.0 Å². The van der Waals surface area contributed by atoms with E-state index < -0.39 is 15.4 Å². The fourth-order valence-electron chi connectivity index (χ4n) is 2.68. The highest BCUT2D eigenvalue weighted by Crippen LogP contribution is 2.33. The molecule has 5 heteroatoms. The maximum absolute atomic E-state index is 11.2. The van der Waals surface area contributed by atoms with Crippen LogP contribution in [0.2, 0.25) is 0 Å². The van der Waals surface area contributed by atoms with Crippen molar-refractivity contribution in [3.8, 4) is 0 Å². The predicted molar refractivity (Wildman–Crippen MR) is 74.4 cm³/mol. The first kappa shape index (κ1) is 15.9. The Labute approximate surface area is 111 Å². The van der Waals surface area contributed by atoms with Crippen LogP contribution in [0.3, 0.4) is 0 Å². The molecule has 0 aliphatic heterocycles. The van der Waals surface area contributed by atoms with Crippen LogP contribution in [0.25, 0.3) is 0 Å². The molecular formula is C13H27NO3S. The summed E-state index contributed by atoms with van der Waals surface area (Å²) in [6.45, 7) is 4.55. The molecule has 0 bridgehead atoms. The molecule has 1 unspecified atom stereocenters. The molecule has 0 amide bonds. The van der Waals surface area contributed by atoms with Gasteiger partial charge in [0.25, 0.3) is 0 Å². The smallest absolute Gasteiger partial charge is 0.148 e. The topological polar surface area (TPSA) is 66.4 Å². The van der Waals surface area contributed by atoms with Gasteiger partial charge in [-0.05, 0) is 38.5 Å². The second-order valence-electron chi connectivity index (χ2n) is 5.95. The van der Waals surface area contributed by atoms with Crippen molar-refractivity contribution in [3.05, 3.63) is 0 Å². The largest absolute Gasteiger partial charge is 0.389 e. The Hall–Kier alpha value is -0.130. The average molecular weight is 277 g/mol. The Morgan fingerprint density at radius 1 is 1.39 bits per heavy atom. The summed E-state index contributed by atoms with van der Waals surface area (Å²) >= 11 is 0. The molecular weight excluding hydrogens is 250 g/mol. The van der Waals surface area contributed by atoms with Gasteiger partial charge in [-0.3, -0.25) is 0 Å². The quantitative estimate of drug-likeness (QED) is 0.769. The van der Waals surface area contributed by atoms with Crippen molar-refractivity contribution in [2.45, 2.75) is 57.6 Å². The van der Waals surface area contributed by atoms with Crippen LogP contribution in [0.15, 0.2) is 0 Å². The normalized spacial score (nSPS) is 31.2. The summed E-state index contributed by atoms with van der Waals surface area (Å²) < 4.78 is 22.3. The van der Waals surface area contributed by atoms with E-state index in [1.165, 1.54) is 12.7 Å². The molecule has 4 nitrogen and oxygen atoms in total. The Morgan fingerprint density at radius 3 is 2.39 bits per heavy atom. The SMILES string of the molecule is CCC1CCC(O)(CNC(C)CS(C)(=O)=O)CC1. The molecule has 1 aliphatic carbocycles. The second kappa shape index (κ2) is 6.35. The van der Waals surface area contributed by atoms with Gasteiger partial charge in [0.15, 0.2) is 0 Å². The number of sulfone groups is 1. The zero-order valence-corrected chi connectivity index (χ0v) is 12.6. The van der Waals surface area contributed by atoms with Gasteiger partial charge in [0.1, 0.15) is 9.84 Å². The monoisotopic (exact) mass is 277 g/mol. The summed E-state index contributed by atoms with van der Waals surface area (Å²) in [4.78, 5) is 0. The summed E-state index contributed by atoms with van der Waals surface area (Å²) in [6.07, 6.45) is 6.23. The molecule has 0 spiro atoms. The lowest BCUT2D eigenvalue weighted by Gasteiger charge is -2.36. The fourth-order valence-corrected chi connectivity index (χ4v) is 3.70. The first-order chi connectivity index (χ1) is 8.24. The summed E-state index contributed by atoms with van der Waals surface area (Å²) in [5.41, 5.74) is -0.641. The summed E-state index contributed by atoms with van der Waals surface area (Å²) in [5, 5.41) is 13.6. The van der Waals surface area contributed by atoms with Crippen LogP contribution in [-0.4, -0.2) is 43.7 Å². The lowest BCUT2D eigenvalue weighted by molar-refractivity contribution is -0.00985. The third kappa shape index (κ3) is 5.67. The molecule has 1 aliphatic rings. The molecule has 0 aromatic heterocycles. The van der Waals surface area contributed by atoms with E-state index in [1.807, 2.05) is 6.92 Å². The summed E-state index contributed by atoms with van der Waals surface area (Å²) in [7, 11) is -2.95. The van der Waals surface area contributed by atoms with Crippen molar-refractivity contribution in [2.24, 2.45) is 5.92 Å². The third-order valence-electron chi connectivity index (χ3n) is 3.95. The number of aliphatic hydroxyl groups is 1. The first-order valence-electron chi connectivity index (χ1n) is 6.87. The molecule has 0 heterocycles. The van der Waals surface area contributed by atoms with Crippen LogP contribution in [0, 0.1) is 5.92 Å². The van der Waals surface area contributed by atoms with Crippen LogP contribution in [0.5, 0.6) is 0 Å². The number of hydrogen-bond donors (Lipinski definition) is 2. The van der Waals surface area contributed by atoms with Crippen LogP contribution in [0.4, 0.5) is 0 Å².